The molecule has 28 heavy (non-hydrogen) atoms. The van der Waals surface area contributed by atoms with Crippen LogP contribution < -0.4 is 14.2 Å². The lowest BCUT2D eigenvalue weighted by atomic mass is 10.2. The lowest BCUT2D eigenvalue weighted by Crippen LogP contribution is -2.20. The largest absolute Gasteiger partial charge is 0.494 e. The average Bonchev–Trinajstić information content (AvgIpc) is 3.35. The first-order valence-corrected chi connectivity index (χ1v) is 9.98. The fourth-order valence-corrected chi connectivity index (χ4v) is 3.65. The Labute approximate surface area is 161 Å². The van der Waals surface area contributed by atoms with Crippen molar-refractivity contribution in [1.82, 2.24) is 14.8 Å². The summed E-state index contributed by atoms with van der Waals surface area (Å²) >= 11 is 0. The van der Waals surface area contributed by atoms with Gasteiger partial charge in [0, 0.05) is 6.61 Å². The van der Waals surface area contributed by atoms with Crippen LogP contribution in [0.2, 0.25) is 0 Å². The van der Waals surface area contributed by atoms with Gasteiger partial charge in [0.15, 0.2) is 5.76 Å². The Bertz CT molecular complexity index is 1010. The molecular formula is C17H20N4O6S. The van der Waals surface area contributed by atoms with Crippen LogP contribution in [0, 0.1) is 0 Å². The highest BCUT2D eigenvalue weighted by Gasteiger charge is 2.25. The summed E-state index contributed by atoms with van der Waals surface area (Å²) in [5.41, 5.74) is 0.406. The zero-order chi connectivity index (χ0) is 20.1. The first-order valence-electron chi connectivity index (χ1n) is 8.32. The van der Waals surface area contributed by atoms with Crippen molar-refractivity contribution in [3.05, 3.63) is 36.6 Å². The van der Waals surface area contributed by atoms with Crippen molar-refractivity contribution < 1.29 is 27.4 Å². The van der Waals surface area contributed by atoms with Crippen LogP contribution in [-0.2, 0) is 10.0 Å². The molecule has 0 aliphatic heterocycles. The lowest BCUT2D eigenvalue weighted by molar-refractivity contribution is 0.295. The molecule has 0 atom stereocenters. The Morgan fingerprint density at radius 2 is 1.86 bits per heavy atom. The van der Waals surface area contributed by atoms with Crippen LogP contribution in [0.1, 0.15) is 6.42 Å². The van der Waals surface area contributed by atoms with E-state index in [9.17, 15) is 8.42 Å². The van der Waals surface area contributed by atoms with Crippen LogP contribution in [0.15, 0.2) is 41.0 Å². The van der Waals surface area contributed by atoms with Crippen molar-refractivity contribution in [2.24, 2.45) is 0 Å². The molecule has 3 rings (SSSR count). The summed E-state index contributed by atoms with van der Waals surface area (Å²) < 4.78 is 44.9. The number of ether oxygens (including phenoxy) is 2. The molecule has 2 heterocycles. The number of methoxy groups -OCH3 is 2. The highest BCUT2D eigenvalue weighted by Crippen LogP contribution is 2.37. The number of para-hydroxylation sites is 1. The van der Waals surface area contributed by atoms with Gasteiger partial charge in [-0.3, -0.25) is 9.29 Å². The second-order valence-electron chi connectivity index (χ2n) is 5.67. The number of aliphatic hydroxyl groups is 1. The molecule has 0 saturated carbocycles. The minimum absolute atomic E-state index is 0.0628. The van der Waals surface area contributed by atoms with E-state index in [1.54, 1.807) is 30.3 Å². The fraction of sp³-hybridized carbons (Fsp3) is 0.294. The van der Waals surface area contributed by atoms with Crippen molar-refractivity contribution in [2.45, 2.75) is 6.42 Å². The minimum atomic E-state index is -3.77. The molecule has 0 aliphatic carbocycles. The van der Waals surface area contributed by atoms with E-state index in [0.717, 1.165) is 0 Å². The van der Waals surface area contributed by atoms with Gasteiger partial charge in [-0.15, -0.1) is 10.2 Å². The maximum Gasteiger partial charge on any atom is 0.243 e. The summed E-state index contributed by atoms with van der Waals surface area (Å²) in [4.78, 5) is 0. The van der Waals surface area contributed by atoms with E-state index in [2.05, 4.69) is 14.9 Å². The Morgan fingerprint density at radius 3 is 2.43 bits per heavy atom. The van der Waals surface area contributed by atoms with E-state index in [1.165, 1.54) is 25.0 Å². The van der Waals surface area contributed by atoms with E-state index in [4.69, 9.17) is 19.0 Å². The van der Waals surface area contributed by atoms with E-state index < -0.39 is 10.0 Å². The summed E-state index contributed by atoms with van der Waals surface area (Å²) in [5.74, 6) is 1.14. The molecule has 10 nitrogen and oxygen atoms in total. The van der Waals surface area contributed by atoms with Gasteiger partial charge >= 0.3 is 0 Å². The number of aliphatic hydroxyl groups excluding tert-OH is 1. The standard InChI is InChI=1S/C17H20N4O6S/c1-25-12-6-3-7-13(26-2)15(12)21-16(14-8-4-10-27-14)18-19-17(21)20-28(23,24)11-5-9-22/h3-4,6-8,10,22H,5,9,11H2,1-2H3,(H,19,20). The molecule has 0 spiro atoms. The number of nitrogens with one attached hydrogen (secondary N) is 1. The molecule has 0 unspecified atom stereocenters. The van der Waals surface area contributed by atoms with Gasteiger partial charge in [0.2, 0.25) is 21.8 Å². The van der Waals surface area contributed by atoms with Crippen molar-refractivity contribution in [1.29, 1.82) is 0 Å². The van der Waals surface area contributed by atoms with E-state index >= 15 is 0 Å². The SMILES string of the molecule is COc1cccc(OC)c1-n1c(NS(=O)(=O)CCCO)nnc1-c1ccco1. The highest BCUT2D eigenvalue weighted by atomic mass is 32.2. The summed E-state index contributed by atoms with van der Waals surface area (Å²) in [6, 6.07) is 8.50. The number of hydrogen-bond acceptors (Lipinski definition) is 8. The zero-order valence-electron chi connectivity index (χ0n) is 15.3. The Hall–Kier alpha value is -3.05. The number of aromatic nitrogens is 3. The molecule has 150 valence electrons. The minimum Gasteiger partial charge on any atom is -0.494 e. The predicted octanol–water partition coefficient (Wildman–Crippen LogP) is 1.67. The van der Waals surface area contributed by atoms with Crippen molar-refractivity contribution >= 4 is 16.0 Å². The van der Waals surface area contributed by atoms with Crippen molar-refractivity contribution in [3.63, 3.8) is 0 Å². The molecule has 0 bridgehead atoms. The van der Waals surface area contributed by atoms with Crippen LogP contribution in [0.4, 0.5) is 5.95 Å². The number of sulfonamides is 1. The Kier molecular flexibility index (Phi) is 5.85. The molecule has 0 saturated heterocycles. The molecule has 2 N–H and O–H groups in total. The summed E-state index contributed by atoms with van der Waals surface area (Å²) in [7, 11) is -0.795. The molecule has 0 aliphatic rings. The average molecular weight is 408 g/mol. The predicted molar refractivity (Wildman–Crippen MR) is 101 cm³/mol. The van der Waals surface area contributed by atoms with Crippen molar-refractivity contribution in [3.8, 4) is 28.8 Å². The summed E-state index contributed by atoms with van der Waals surface area (Å²) in [5, 5.41) is 17.0. The van der Waals surface area contributed by atoms with E-state index in [0.29, 0.717) is 22.9 Å². The van der Waals surface area contributed by atoms with Crippen LogP contribution >= 0.6 is 0 Å². The van der Waals surface area contributed by atoms with Crippen LogP contribution in [-0.4, -0.2) is 54.9 Å². The van der Waals surface area contributed by atoms with Gasteiger partial charge in [0.1, 0.15) is 17.2 Å². The lowest BCUT2D eigenvalue weighted by Gasteiger charge is -2.17. The molecule has 0 radical (unpaired) electrons. The highest BCUT2D eigenvalue weighted by molar-refractivity contribution is 7.92. The number of furan rings is 1. The number of anilines is 1. The van der Waals surface area contributed by atoms with Gasteiger partial charge in [-0.2, -0.15) is 0 Å². The Balaban J connectivity index is 2.20. The summed E-state index contributed by atoms with van der Waals surface area (Å²) in [6.45, 7) is -0.244. The van der Waals surface area contributed by atoms with Crippen LogP contribution in [0.5, 0.6) is 11.5 Å². The second kappa shape index (κ2) is 8.31. The zero-order valence-corrected chi connectivity index (χ0v) is 16.1. The van der Waals surface area contributed by atoms with Gasteiger partial charge in [-0.05, 0) is 30.7 Å². The molecular weight excluding hydrogens is 388 g/mol. The Morgan fingerprint density at radius 1 is 1.14 bits per heavy atom. The van der Waals surface area contributed by atoms with E-state index in [-0.39, 0.29) is 30.6 Å². The third-order valence-electron chi connectivity index (χ3n) is 3.85. The van der Waals surface area contributed by atoms with Gasteiger partial charge < -0.3 is 19.0 Å². The molecule has 3 aromatic rings. The molecule has 2 aromatic heterocycles. The maximum atomic E-state index is 12.4. The van der Waals surface area contributed by atoms with Gasteiger partial charge in [0.05, 0.1) is 26.2 Å². The number of nitrogens with zero attached hydrogens (tertiary/aromatic N) is 3. The van der Waals surface area contributed by atoms with Gasteiger partial charge in [-0.25, -0.2) is 8.42 Å². The topological polar surface area (TPSA) is 129 Å². The molecule has 11 heteroatoms. The van der Waals surface area contributed by atoms with Crippen LogP contribution in [0.25, 0.3) is 17.3 Å². The van der Waals surface area contributed by atoms with Gasteiger partial charge in [0.25, 0.3) is 0 Å². The fourth-order valence-electron chi connectivity index (χ4n) is 2.62. The van der Waals surface area contributed by atoms with Crippen LogP contribution in [0.3, 0.4) is 0 Å². The van der Waals surface area contributed by atoms with E-state index in [1.807, 2.05) is 0 Å². The third kappa shape index (κ3) is 3.94. The summed E-state index contributed by atoms with van der Waals surface area (Å²) in [6.07, 6.45) is 1.56. The van der Waals surface area contributed by atoms with Gasteiger partial charge in [-0.1, -0.05) is 6.07 Å². The number of benzene rings is 1. The normalized spacial score (nSPS) is 11.4. The maximum absolute atomic E-state index is 12.4. The molecule has 0 amide bonds. The van der Waals surface area contributed by atoms with Crippen molar-refractivity contribution in [2.75, 3.05) is 31.3 Å². The number of rotatable bonds is 9. The quantitative estimate of drug-likeness (QED) is 0.547. The molecule has 0 fully saturated rings. The second-order valence-corrected chi connectivity index (χ2v) is 7.51. The first-order chi connectivity index (χ1) is 13.5. The third-order valence-corrected chi connectivity index (χ3v) is 5.17. The smallest absolute Gasteiger partial charge is 0.243 e. The monoisotopic (exact) mass is 408 g/mol. The first kappa shape index (κ1) is 19.7. The number of hydrogen-bond donors (Lipinski definition) is 2. The molecule has 1 aromatic carbocycles.